The highest BCUT2D eigenvalue weighted by Crippen LogP contribution is 2.18. The molecule has 13 heavy (non-hydrogen) atoms. The molecule has 0 aromatic heterocycles. The molecule has 1 heterocycles. The van der Waals surface area contributed by atoms with Crippen LogP contribution in [-0.4, -0.2) is 36.7 Å². The van der Waals surface area contributed by atoms with Crippen LogP contribution in [0.25, 0.3) is 0 Å². The summed E-state index contributed by atoms with van der Waals surface area (Å²) in [7, 11) is 0. The molecule has 2 N–H and O–H groups in total. The van der Waals surface area contributed by atoms with E-state index in [1.165, 1.54) is 0 Å². The number of carbonyl (C=O) groups excluding carboxylic acids is 1. The molecule has 1 aliphatic heterocycles. The van der Waals surface area contributed by atoms with E-state index in [1.807, 2.05) is 0 Å². The zero-order valence-electron chi connectivity index (χ0n) is 7.45. The second-order valence-electron chi connectivity index (χ2n) is 2.96. The molecule has 0 aromatic rings. The van der Waals surface area contributed by atoms with Gasteiger partial charge in [-0.3, -0.25) is 9.59 Å². The maximum atomic E-state index is 11.2. The molecule has 0 radical (unpaired) electrons. The van der Waals surface area contributed by atoms with Gasteiger partial charge in [0.05, 0.1) is 18.4 Å². The third kappa shape index (κ3) is 2.18. The summed E-state index contributed by atoms with van der Waals surface area (Å²) in [6, 6.07) is 0. The van der Waals surface area contributed by atoms with Crippen LogP contribution in [0, 0.1) is 11.8 Å². The molecule has 1 saturated heterocycles. The number of hydrogen-bond donors (Lipinski definition) is 2. The zero-order chi connectivity index (χ0) is 9.84. The van der Waals surface area contributed by atoms with E-state index in [1.54, 1.807) is 6.92 Å². The summed E-state index contributed by atoms with van der Waals surface area (Å²) in [6.07, 6.45) is 0. The Labute approximate surface area is 76.1 Å². The van der Waals surface area contributed by atoms with Gasteiger partial charge in [0, 0.05) is 13.1 Å². The van der Waals surface area contributed by atoms with E-state index >= 15 is 0 Å². The Balaban J connectivity index is 2.57. The van der Waals surface area contributed by atoms with Gasteiger partial charge in [0.2, 0.25) is 0 Å². The molecule has 0 saturated carbocycles. The third-order valence-corrected chi connectivity index (χ3v) is 2.12. The molecular weight excluding hydrogens is 174 g/mol. The van der Waals surface area contributed by atoms with Crippen LogP contribution in [0.3, 0.4) is 0 Å². The van der Waals surface area contributed by atoms with Gasteiger partial charge in [0.15, 0.2) is 0 Å². The van der Waals surface area contributed by atoms with E-state index in [9.17, 15) is 9.59 Å². The van der Waals surface area contributed by atoms with Gasteiger partial charge in [-0.05, 0) is 6.92 Å². The fourth-order valence-electron chi connectivity index (χ4n) is 1.44. The van der Waals surface area contributed by atoms with E-state index in [4.69, 9.17) is 9.84 Å². The lowest BCUT2D eigenvalue weighted by Gasteiger charge is -2.12. The van der Waals surface area contributed by atoms with Crippen LogP contribution in [0.15, 0.2) is 0 Å². The Hall–Kier alpha value is -1.10. The van der Waals surface area contributed by atoms with Crippen LogP contribution >= 0.6 is 0 Å². The second-order valence-corrected chi connectivity index (χ2v) is 2.96. The quantitative estimate of drug-likeness (QED) is 0.581. The van der Waals surface area contributed by atoms with E-state index in [-0.39, 0.29) is 0 Å². The molecule has 0 spiro atoms. The highest BCUT2D eigenvalue weighted by Gasteiger charge is 2.38. The summed E-state index contributed by atoms with van der Waals surface area (Å²) >= 11 is 0. The fourth-order valence-corrected chi connectivity index (χ4v) is 1.44. The van der Waals surface area contributed by atoms with Gasteiger partial charge in [0.1, 0.15) is 0 Å². The van der Waals surface area contributed by atoms with Crippen molar-refractivity contribution in [3.05, 3.63) is 0 Å². The Kier molecular flexibility index (Phi) is 3.25. The minimum Gasteiger partial charge on any atom is -0.481 e. The number of nitrogens with one attached hydrogen (secondary N) is 1. The molecule has 0 bridgehead atoms. The molecule has 1 rings (SSSR count). The van der Waals surface area contributed by atoms with Gasteiger partial charge in [0.25, 0.3) is 0 Å². The number of ether oxygens (including phenoxy) is 1. The number of aliphatic carboxylic acids is 1. The minimum absolute atomic E-state index is 0.293. The molecule has 5 heteroatoms. The molecule has 5 nitrogen and oxygen atoms in total. The summed E-state index contributed by atoms with van der Waals surface area (Å²) < 4.78 is 4.76. The Bertz CT molecular complexity index is 216. The molecule has 74 valence electrons. The molecular formula is C8H13NO4. The standard InChI is InChI=1S/C8H13NO4/c1-2-13-8(12)6-4-9-3-5(6)7(10)11/h5-6,9H,2-4H2,1H3,(H,10,11)/t5-,6-/m1/s1. The molecule has 1 aliphatic rings. The van der Waals surface area contributed by atoms with E-state index in [0.717, 1.165) is 0 Å². The highest BCUT2D eigenvalue weighted by atomic mass is 16.5. The lowest BCUT2D eigenvalue weighted by molar-refractivity contribution is -0.155. The number of esters is 1. The second kappa shape index (κ2) is 4.23. The molecule has 0 unspecified atom stereocenters. The zero-order valence-corrected chi connectivity index (χ0v) is 7.45. The molecule has 2 atom stereocenters. The van der Waals surface area contributed by atoms with Crippen molar-refractivity contribution >= 4 is 11.9 Å². The van der Waals surface area contributed by atoms with Gasteiger partial charge in [-0.1, -0.05) is 0 Å². The Morgan fingerprint density at radius 1 is 1.46 bits per heavy atom. The van der Waals surface area contributed by atoms with Crippen LogP contribution < -0.4 is 5.32 Å². The van der Waals surface area contributed by atoms with Crippen molar-refractivity contribution in [1.82, 2.24) is 5.32 Å². The summed E-state index contributed by atoms with van der Waals surface area (Å²) in [4.78, 5) is 21.9. The first-order chi connectivity index (χ1) is 6.16. The number of hydrogen-bond acceptors (Lipinski definition) is 4. The van der Waals surface area contributed by atoms with Crippen LogP contribution in [0.1, 0.15) is 6.92 Å². The average molecular weight is 187 g/mol. The largest absolute Gasteiger partial charge is 0.481 e. The lowest BCUT2D eigenvalue weighted by Crippen LogP contribution is -2.29. The fraction of sp³-hybridized carbons (Fsp3) is 0.750. The van der Waals surface area contributed by atoms with Gasteiger partial charge < -0.3 is 15.2 Å². The van der Waals surface area contributed by atoms with Crippen LogP contribution in [-0.2, 0) is 14.3 Å². The van der Waals surface area contributed by atoms with E-state index in [0.29, 0.717) is 19.7 Å². The number of carbonyl (C=O) groups is 2. The highest BCUT2D eigenvalue weighted by molar-refractivity contribution is 5.82. The summed E-state index contributed by atoms with van der Waals surface area (Å²) in [5.41, 5.74) is 0. The molecule has 0 amide bonds. The normalized spacial score (nSPS) is 27.2. The van der Waals surface area contributed by atoms with Gasteiger partial charge in [-0.25, -0.2) is 0 Å². The maximum absolute atomic E-state index is 11.2. The molecule has 0 aromatic carbocycles. The lowest BCUT2D eigenvalue weighted by atomic mass is 9.96. The minimum atomic E-state index is -0.942. The number of carboxylic acid groups (broad SMARTS) is 1. The van der Waals surface area contributed by atoms with Crippen molar-refractivity contribution in [2.45, 2.75) is 6.92 Å². The van der Waals surface area contributed by atoms with Crippen molar-refractivity contribution in [3.63, 3.8) is 0 Å². The Morgan fingerprint density at radius 3 is 2.62 bits per heavy atom. The van der Waals surface area contributed by atoms with Crippen LogP contribution in [0.2, 0.25) is 0 Å². The molecule has 1 fully saturated rings. The monoisotopic (exact) mass is 187 g/mol. The maximum Gasteiger partial charge on any atom is 0.311 e. The summed E-state index contributed by atoms with van der Waals surface area (Å²) in [5, 5.41) is 11.6. The first-order valence-electron chi connectivity index (χ1n) is 4.27. The Morgan fingerprint density at radius 2 is 2.08 bits per heavy atom. The summed E-state index contributed by atoms with van der Waals surface area (Å²) in [6.45, 7) is 2.74. The van der Waals surface area contributed by atoms with Crippen LogP contribution in [0.4, 0.5) is 0 Å². The van der Waals surface area contributed by atoms with Crippen LogP contribution in [0.5, 0.6) is 0 Å². The topological polar surface area (TPSA) is 75.6 Å². The van der Waals surface area contributed by atoms with Gasteiger partial charge >= 0.3 is 11.9 Å². The van der Waals surface area contributed by atoms with Gasteiger partial charge in [-0.2, -0.15) is 0 Å². The predicted molar refractivity (Wildman–Crippen MR) is 44.1 cm³/mol. The van der Waals surface area contributed by atoms with Crippen molar-refractivity contribution in [2.24, 2.45) is 11.8 Å². The summed E-state index contributed by atoms with van der Waals surface area (Å²) in [5.74, 6) is -2.53. The van der Waals surface area contributed by atoms with E-state index < -0.39 is 23.8 Å². The molecule has 0 aliphatic carbocycles. The van der Waals surface area contributed by atoms with Gasteiger partial charge in [-0.15, -0.1) is 0 Å². The first-order valence-corrected chi connectivity index (χ1v) is 4.27. The average Bonchev–Trinajstić information content (AvgIpc) is 2.52. The van der Waals surface area contributed by atoms with Crippen molar-refractivity contribution in [3.8, 4) is 0 Å². The van der Waals surface area contributed by atoms with Crippen molar-refractivity contribution < 1.29 is 19.4 Å². The van der Waals surface area contributed by atoms with Crippen molar-refractivity contribution in [1.29, 1.82) is 0 Å². The van der Waals surface area contributed by atoms with E-state index in [2.05, 4.69) is 5.32 Å². The smallest absolute Gasteiger partial charge is 0.311 e. The SMILES string of the molecule is CCOC(=O)[C@@H]1CNC[C@H]1C(=O)O. The predicted octanol–water partition coefficient (Wildman–Crippen LogP) is -0.530. The number of carboxylic acids is 1. The first kappa shape index (κ1) is 9.98. The third-order valence-electron chi connectivity index (χ3n) is 2.12. The number of rotatable bonds is 3. The van der Waals surface area contributed by atoms with Crippen molar-refractivity contribution in [2.75, 3.05) is 19.7 Å².